The molecule has 0 radical (unpaired) electrons. The average molecular weight is 375 g/mol. The lowest BCUT2D eigenvalue weighted by Gasteiger charge is -2.17. The van der Waals surface area contributed by atoms with Gasteiger partial charge in [-0.3, -0.25) is 4.90 Å². The second-order valence-electron chi connectivity index (χ2n) is 6.80. The zero-order valence-corrected chi connectivity index (χ0v) is 16.2. The maximum atomic E-state index is 12.1. The number of rotatable bonds is 7. The Balaban J connectivity index is 1.47. The van der Waals surface area contributed by atoms with Crippen LogP contribution in [0.1, 0.15) is 17.9 Å². The second-order valence-corrected chi connectivity index (χ2v) is 8.96. The van der Waals surface area contributed by atoms with Gasteiger partial charge in [-0.25, -0.2) is 12.7 Å². The molecule has 0 amide bonds. The molecule has 1 aliphatic rings. The molecule has 0 bridgehead atoms. The van der Waals surface area contributed by atoms with E-state index in [1.165, 1.54) is 30.4 Å². The summed E-state index contributed by atoms with van der Waals surface area (Å²) < 4.78 is 31.1. The fourth-order valence-corrected chi connectivity index (χ4v) is 4.15. The lowest BCUT2D eigenvalue weighted by molar-refractivity contribution is 0.236. The van der Waals surface area contributed by atoms with Gasteiger partial charge in [-0.1, -0.05) is 30.3 Å². The van der Waals surface area contributed by atoms with Crippen molar-refractivity contribution >= 4 is 10.0 Å². The number of ether oxygens (including phenoxy) is 1. The molecule has 0 aliphatic carbocycles. The van der Waals surface area contributed by atoms with Gasteiger partial charge in [-0.15, -0.1) is 0 Å². The highest BCUT2D eigenvalue weighted by molar-refractivity contribution is 7.89. The van der Waals surface area contributed by atoms with Crippen LogP contribution in [0.5, 0.6) is 5.75 Å². The minimum Gasteiger partial charge on any atom is -0.492 e. The van der Waals surface area contributed by atoms with E-state index in [1.54, 1.807) is 24.3 Å². The Kier molecular flexibility index (Phi) is 5.96. The molecule has 0 N–H and O–H groups in total. The van der Waals surface area contributed by atoms with Crippen molar-refractivity contribution in [3.8, 4) is 5.75 Å². The predicted molar refractivity (Wildman–Crippen MR) is 103 cm³/mol. The highest BCUT2D eigenvalue weighted by Crippen LogP contribution is 2.26. The third-order valence-electron chi connectivity index (χ3n) is 4.82. The van der Waals surface area contributed by atoms with Gasteiger partial charge in [0.05, 0.1) is 4.90 Å². The van der Waals surface area contributed by atoms with Crippen LogP contribution in [0.2, 0.25) is 0 Å². The Morgan fingerprint density at radius 1 is 1.08 bits per heavy atom. The smallest absolute Gasteiger partial charge is 0.242 e. The molecule has 26 heavy (non-hydrogen) atoms. The Hall–Kier alpha value is -1.89. The second kappa shape index (κ2) is 8.20. The first-order valence-corrected chi connectivity index (χ1v) is 10.3. The first-order valence-electron chi connectivity index (χ1n) is 8.89. The van der Waals surface area contributed by atoms with Crippen LogP contribution in [-0.4, -0.2) is 58.0 Å². The SMILES string of the molecule is CN(C)S(=O)(=O)c1ccc(OCCN2CC[C@H](c3ccccc3)C2)cc1. The fourth-order valence-electron chi connectivity index (χ4n) is 3.24. The monoisotopic (exact) mass is 374 g/mol. The van der Waals surface area contributed by atoms with Crippen LogP contribution in [0, 0.1) is 0 Å². The van der Waals surface area contributed by atoms with Gasteiger partial charge < -0.3 is 4.74 Å². The molecule has 0 saturated carbocycles. The van der Waals surface area contributed by atoms with E-state index in [-0.39, 0.29) is 4.90 Å². The van der Waals surface area contributed by atoms with Crippen molar-refractivity contribution in [2.45, 2.75) is 17.2 Å². The van der Waals surface area contributed by atoms with Crippen molar-refractivity contribution in [2.75, 3.05) is 40.3 Å². The van der Waals surface area contributed by atoms with Crippen molar-refractivity contribution in [3.63, 3.8) is 0 Å². The van der Waals surface area contributed by atoms with E-state index in [1.807, 2.05) is 0 Å². The van der Waals surface area contributed by atoms with Crippen LogP contribution in [0.15, 0.2) is 59.5 Å². The molecule has 2 aromatic rings. The van der Waals surface area contributed by atoms with Gasteiger partial charge in [0.1, 0.15) is 12.4 Å². The summed E-state index contributed by atoms with van der Waals surface area (Å²) in [7, 11) is -0.338. The molecule has 3 rings (SSSR count). The molecule has 1 aliphatic heterocycles. The number of benzene rings is 2. The maximum absolute atomic E-state index is 12.1. The van der Waals surface area contributed by atoms with E-state index >= 15 is 0 Å². The fraction of sp³-hybridized carbons (Fsp3) is 0.400. The summed E-state index contributed by atoms with van der Waals surface area (Å²) in [5.41, 5.74) is 1.41. The molecule has 0 unspecified atom stereocenters. The predicted octanol–water partition coefficient (Wildman–Crippen LogP) is 2.81. The van der Waals surface area contributed by atoms with Crippen molar-refractivity contribution < 1.29 is 13.2 Å². The molecular formula is C20H26N2O3S. The van der Waals surface area contributed by atoms with Gasteiger partial charge in [-0.05, 0) is 48.7 Å². The minimum absolute atomic E-state index is 0.278. The van der Waals surface area contributed by atoms with Crippen LogP contribution in [0.3, 0.4) is 0 Å². The molecule has 5 nitrogen and oxygen atoms in total. The zero-order chi connectivity index (χ0) is 18.6. The average Bonchev–Trinajstić information content (AvgIpc) is 3.12. The molecule has 1 heterocycles. The van der Waals surface area contributed by atoms with E-state index in [0.29, 0.717) is 18.3 Å². The maximum Gasteiger partial charge on any atom is 0.242 e. The van der Waals surface area contributed by atoms with Gasteiger partial charge >= 0.3 is 0 Å². The lowest BCUT2D eigenvalue weighted by Crippen LogP contribution is -2.26. The number of hydrogen-bond acceptors (Lipinski definition) is 4. The topological polar surface area (TPSA) is 49.9 Å². The molecule has 0 spiro atoms. The zero-order valence-electron chi connectivity index (χ0n) is 15.3. The molecule has 1 saturated heterocycles. The van der Waals surface area contributed by atoms with Crippen LogP contribution in [-0.2, 0) is 10.0 Å². The van der Waals surface area contributed by atoms with Crippen LogP contribution in [0.4, 0.5) is 0 Å². The van der Waals surface area contributed by atoms with Crippen LogP contribution in [0.25, 0.3) is 0 Å². The van der Waals surface area contributed by atoms with Crippen molar-refractivity contribution in [2.24, 2.45) is 0 Å². The van der Waals surface area contributed by atoms with Gasteiger partial charge in [0.2, 0.25) is 10.0 Å². The molecular weight excluding hydrogens is 348 g/mol. The van der Waals surface area contributed by atoms with Crippen LogP contribution < -0.4 is 4.74 Å². The quantitative estimate of drug-likeness (QED) is 0.748. The summed E-state index contributed by atoms with van der Waals surface area (Å²) in [6, 6.07) is 17.3. The molecule has 1 atom stereocenters. The van der Waals surface area contributed by atoms with Crippen molar-refractivity contribution in [3.05, 3.63) is 60.2 Å². The number of hydrogen-bond donors (Lipinski definition) is 0. The van der Waals surface area contributed by atoms with Gasteiger partial charge in [0.15, 0.2) is 0 Å². The Labute approximate surface area is 156 Å². The van der Waals surface area contributed by atoms with E-state index in [2.05, 4.69) is 35.2 Å². The van der Waals surface area contributed by atoms with E-state index in [4.69, 9.17) is 4.74 Å². The highest BCUT2D eigenvalue weighted by Gasteiger charge is 2.23. The third kappa shape index (κ3) is 4.44. The summed E-state index contributed by atoms with van der Waals surface area (Å²) in [4.78, 5) is 2.70. The summed E-state index contributed by atoms with van der Waals surface area (Å²) >= 11 is 0. The van der Waals surface area contributed by atoms with Crippen molar-refractivity contribution in [1.29, 1.82) is 0 Å². The van der Waals surface area contributed by atoms with E-state index < -0.39 is 10.0 Å². The Morgan fingerprint density at radius 3 is 2.42 bits per heavy atom. The van der Waals surface area contributed by atoms with Gasteiger partial charge in [-0.2, -0.15) is 0 Å². The normalized spacial score (nSPS) is 18.3. The van der Waals surface area contributed by atoms with Gasteiger partial charge in [0.25, 0.3) is 0 Å². The Morgan fingerprint density at radius 2 is 1.77 bits per heavy atom. The molecule has 140 valence electrons. The van der Waals surface area contributed by atoms with E-state index in [9.17, 15) is 8.42 Å². The largest absolute Gasteiger partial charge is 0.492 e. The molecule has 2 aromatic carbocycles. The van der Waals surface area contributed by atoms with E-state index in [0.717, 1.165) is 19.6 Å². The lowest BCUT2D eigenvalue weighted by atomic mass is 9.99. The first-order chi connectivity index (χ1) is 12.5. The Bertz CT molecular complexity index is 805. The first kappa shape index (κ1) is 18.9. The van der Waals surface area contributed by atoms with Gasteiger partial charge in [0, 0.05) is 27.2 Å². The summed E-state index contributed by atoms with van der Waals surface area (Å²) in [5, 5.41) is 0. The minimum atomic E-state index is -3.39. The molecule has 0 aromatic heterocycles. The summed E-state index contributed by atoms with van der Waals surface area (Å²) in [6.45, 7) is 3.62. The number of nitrogens with zero attached hydrogens (tertiary/aromatic N) is 2. The third-order valence-corrected chi connectivity index (χ3v) is 6.65. The summed E-state index contributed by atoms with van der Waals surface area (Å²) in [6.07, 6.45) is 1.18. The highest BCUT2D eigenvalue weighted by atomic mass is 32.2. The standard InChI is InChI=1S/C20H26N2O3S/c1-21(2)26(23,24)20-10-8-19(9-11-20)25-15-14-22-13-12-18(16-22)17-6-4-3-5-7-17/h3-11,18H,12-16H2,1-2H3/t18-/m0/s1. The number of sulfonamides is 1. The number of likely N-dealkylation sites (tertiary alicyclic amines) is 1. The molecule has 1 fully saturated rings. The molecule has 6 heteroatoms. The van der Waals surface area contributed by atoms with Crippen molar-refractivity contribution in [1.82, 2.24) is 9.21 Å². The summed E-state index contributed by atoms with van der Waals surface area (Å²) in [5.74, 6) is 1.30. The van der Waals surface area contributed by atoms with Crippen LogP contribution >= 0.6 is 0 Å².